The summed E-state index contributed by atoms with van der Waals surface area (Å²) >= 11 is 0. The van der Waals surface area contributed by atoms with E-state index in [9.17, 15) is 4.79 Å². The summed E-state index contributed by atoms with van der Waals surface area (Å²) in [4.78, 5) is 12.3. The van der Waals surface area contributed by atoms with E-state index >= 15 is 0 Å². The number of benzene rings is 1. The molecule has 98 valence electrons. The molecule has 0 aliphatic carbocycles. The number of hydrogen-bond acceptors (Lipinski definition) is 3. The zero-order chi connectivity index (χ0) is 13.4. The van der Waals surface area contributed by atoms with Crippen LogP contribution in [0.25, 0.3) is 0 Å². The third kappa shape index (κ3) is 2.07. The molecule has 1 amide bonds. The summed E-state index contributed by atoms with van der Waals surface area (Å²) in [5.41, 5.74) is 9.82. The van der Waals surface area contributed by atoms with Crippen molar-refractivity contribution in [1.82, 2.24) is 9.78 Å². The normalized spacial score (nSPS) is 13.3. The molecule has 1 aliphatic heterocycles. The fourth-order valence-electron chi connectivity index (χ4n) is 2.42. The highest BCUT2D eigenvalue weighted by atomic mass is 16.1. The fraction of sp³-hybridized carbons (Fsp3) is 0.286. The van der Waals surface area contributed by atoms with Gasteiger partial charge in [-0.05, 0) is 37.5 Å². The van der Waals surface area contributed by atoms with Crippen molar-refractivity contribution >= 4 is 17.3 Å². The minimum absolute atomic E-state index is 0.114. The summed E-state index contributed by atoms with van der Waals surface area (Å²) < 4.78 is 1.90. The second kappa shape index (κ2) is 4.42. The van der Waals surface area contributed by atoms with Crippen molar-refractivity contribution in [3.05, 3.63) is 41.2 Å². The topological polar surface area (TPSA) is 72.9 Å². The minimum Gasteiger partial charge on any atom is -0.399 e. The highest BCUT2D eigenvalue weighted by molar-refractivity contribution is 6.05. The third-order valence-electron chi connectivity index (χ3n) is 3.49. The summed E-state index contributed by atoms with van der Waals surface area (Å²) in [6, 6.07) is 5.49. The molecular formula is C14H16N4O. The molecule has 1 aliphatic rings. The van der Waals surface area contributed by atoms with Gasteiger partial charge in [-0.3, -0.25) is 9.48 Å². The number of nitrogens with two attached hydrogens (primary N) is 1. The Bertz CT molecular complexity index is 645. The van der Waals surface area contributed by atoms with E-state index in [4.69, 9.17) is 5.73 Å². The molecule has 0 atom stereocenters. The molecule has 0 radical (unpaired) electrons. The van der Waals surface area contributed by atoms with Crippen molar-refractivity contribution in [1.29, 1.82) is 0 Å². The van der Waals surface area contributed by atoms with Crippen LogP contribution in [0, 0.1) is 6.92 Å². The highest BCUT2D eigenvalue weighted by Crippen LogP contribution is 2.22. The van der Waals surface area contributed by atoms with E-state index in [0.29, 0.717) is 11.3 Å². The molecular weight excluding hydrogens is 240 g/mol. The molecule has 0 bridgehead atoms. The Labute approximate surface area is 111 Å². The molecule has 1 aromatic carbocycles. The average molecular weight is 256 g/mol. The first-order valence-electron chi connectivity index (χ1n) is 6.37. The van der Waals surface area contributed by atoms with Gasteiger partial charge in [-0.15, -0.1) is 0 Å². The number of hydrogen-bond donors (Lipinski definition) is 2. The SMILES string of the molecule is Cc1ccc(N)cc1NC(=O)c1cnn2c1CCC2. The van der Waals surface area contributed by atoms with Gasteiger partial charge in [-0.25, -0.2) is 0 Å². The Morgan fingerprint density at radius 3 is 3.16 bits per heavy atom. The number of nitrogen functional groups attached to an aromatic ring is 1. The maximum Gasteiger partial charge on any atom is 0.259 e. The van der Waals surface area contributed by atoms with E-state index < -0.39 is 0 Å². The van der Waals surface area contributed by atoms with Crippen LogP contribution in [0.4, 0.5) is 11.4 Å². The van der Waals surface area contributed by atoms with Crippen molar-refractivity contribution in [3.8, 4) is 0 Å². The van der Waals surface area contributed by atoms with Crippen LogP contribution in [-0.2, 0) is 13.0 Å². The van der Waals surface area contributed by atoms with Crippen molar-refractivity contribution in [2.75, 3.05) is 11.1 Å². The van der Waals surface area contributed by atoms with Gasteiger partial charge < -0.3 is 11.1 Å². The zero-order valence-electron chi connectivity index (χ0n) is 10.8. The fourth-order valence-corrected chi connectivity index (χ4v) is 2.42. The first kappa shape index (κ1) is 11.8. The third-order valence-corrected chi connectivity index (χ3v) is 3.49. The maximum atomic E-state index is 12.3. The van der Waals surface area contributed by atoms with E-state index in [0.717, 1.165) is 36.3 Å². The molecule has 0 fully saturated rings. The average Bonchev–Trinajstić information content (AvgIpc) is 2.95. The van der Waals surface area contributed by atoms with E-state index in [2.05, 4.69) is 10.4 Å². The van der Waals surface area contributed by atoms with Crippen LogP contribution >= 0.6 is 0 Å². The second-order valence-corrected chi connectivity index (χ2v) is 4.86. The molecule has 0 saturated heterocycles. The van der Waals surface area contributed by atoms with Crippen LogP contribution in [0.2, 0.25) is 0 Å². The van der Waals surface area contributed by atoms with E-state index in [1.807, 2.05) is 23.7 Å². The van der Waals surface area contributed by atoms with Crippen LogP contribution in [0.1, 0.15) is 28.0 Å². The number of carbonyl (C=O) groups excluding carboxylic acids is 1. The monoisotopic (exact) mass is 256 g/mol. The number of nitrogens with one attached hydrogen (secondary N) is 1. The van der Waals surface area contributed by atoms with Crippen molar-refractivity contribution in [2.24, 2.45) is 0 Å². The number of nitrogens with zero attached hydrogens (tertiary/aromatic N) is 2. The number of aryl methyl sites for hydroxylation is 2. The summed E-state index contributed by atoms with van der Waals surface area (Å²) in [7, 11) is 0. The van der Waals surface area contributed by atoms with E-state index in [-0.39, 0.29) is 5.91 Å². The van der Waals surface area contributed by atoms with Gasteiger partial charge in [0.2, 0.25) is 0 Å². The quantitative estimate of drug-likeness (QED) is 0.807. The Morgan fingerprint density at radius 1 is 1.47 bits per heavy atom. The molecule has 0 spiro atoms. The molecule has 3 N–H and O–H groups in total. The van der Waals surface area contributed by atoms with Gasteiger partial charge in [-0.1, -0.05) is 6.07 Å². The van der Waals surface area contributed by atoms with Crippen LogP contribution in [0.3, 0.4) is 0 Å². The predicted octanol–water partition coefficient (Wildman–Crippen LogP) is 1.97. The van der Waals surface area contributed by atoms with Gasteiger partial charge in [0.25, 0.3) is 5.91 Å². The highest BCUT2D eigenvalue weighted by Gasteiger charge is 2.21. The van der Waals surface area contributed by atoms with E-state index in [1.54, 1.807) is 12.3 Å². The minimum atomic E-state index is -0.114. The summed E-state index contributed by atoms with van der Waals surface area (Å²) in [5, 5.41) is 7.14. The van der Waals surface area contributed by atoms with Crippen LogP contribution < -0.4 is 11.1 Å². The molecule has 5 nitrogen and oxygen atoms in total. The van der Waals surface area contributed by atoms with Crippen molar-refractivity contribution in [2.45, 2.75) is 26.3 Å². The largest absolute Gasteiger partial charge is 0.399 e. The lowest BCUT2D eigenvalue weighted by Gasteiger charge is -2.09. The van der Waals surface area contributed by atoms with Gasteiger partial charge in [0.1, 0.15) is 0 Å². The maximum absolute atomic E-state index is 12.3. The smallest absolute Gasteiger partial charge is 0.259 e. The number of fused-ring (bicyclic) bond motifs is 1. The van der Waals surface area contributed by atoms with Crippen LogP contribution in [0.5, 0.6) is 0 Å². The molecule has 0 unspecified atom stereocenters. The van der Waals surface area contributed by atoms with Gasteiger partial charge in [-0.2, -0.15) is 5.10 Å². The Morgan fingerprint density at radius 2 is 2.32 bits per heavy atom. The number of carbonyl (C=O) groups is 1. The lowest BCUT2D eigenvalue weighted by atomic mass is 10.1. The van der Waals surface area contributed by atoms with Gasteiger partial charge in [0, 0.05) is 17.9 Å². The van der Waals surface area contributed by atoms with Gasteiger partial charge in [0.15, 0.2) is 0 Å². The molecule has 2 heterocycles. The first-order chi connectivity index (χ1) is 9.15. The predicted molar refractivity (Wildman–Crippen MR) is 74.1 cm³/mol. The zero-order valence-corrected chi connectivity index (χ0v) is 10.8. The van der Waals surface area contributed by atoms with Gasteiger partial charge in [0.05, 0.1) is 17.5 Å². The summed E-state index contributed by atoms with van der Waals surface area (Å²) in [6.45, 7) is 2.84. The summed E-state index contributed by atoms with van der Waals surface area (Å²) in [6.07, 6.45) is 3.62. The van der Waals surface area contributed by atoms with Gasteiger partial charge >= 0.3 is 0 Å². The summed E-state index contributed by atoms with van der Waals surface area (Å²) in [5.74, 6) is -0.114. The second-order valence-electron chi connectivity index (χ2n) is 4.86. The number of anilines is 2. The Balaban J connectivity index is 1.87. The molecule has 0 saturated carbocycles. The molecule has 19 heavy (non-hydrogen) atoms. The lowest BCUT2D eigenvalue weighted by molar-refractivity contribution is 0.102. The number of rotatable bonds is 2. The lowest BCUT2D eigenvalue weighted by Crippen LogP contribution is -2.14. The molecule has 3 rings (SSSR count). The Hall–Kier alpha value is -2.30. The first-order valence-corrected chi connectivity index (χ1v) is 6.37. The van der Waals surface area contributed by atoms with Crippen LogP contribution in [0.15, 0.2) is 24.4 Å². The van der Waals surface area contributed by atoms with E-state index in [1.165, 1.54) is 0 Å². The molecule has 1 aromatic heterocycles. The van der Waals surface area contributed by atoms with Crippen LogP contribution in [-0.4, -0.2) is 15.7 Å². The molecule has 5 heteroatoms. The molecule has 2 aromatic rings. The Kier molecular flexibility index (Phi) is 2.74. The number of amides is 1. The van der Waals surface area contributed by atoms with Crippen molar-refractivity contribution in [3.63, 3.8) is 0 Å². The standard InChI is InChI=1S/C14H16N4O/c1-9-4-5-10(15)7-12(9)17-14(19)11-8-16-18-6-2-3-13(11)18/h4-5,7-8H,2-3,6,15H2,1H3,(H,17,19). The number of aromatic nitrogens is 2. The van der Waals surface area contributed by atoms with Crippen molar-refractivity contribution < 1.29 is 4.79 Å².